The minimum atomic E-state index is 0.121. The summed E-state index contributed by atoms with van der Waals surface area (Å²) in [6, 6.07) is 5.96. The molecule has 33 heavy (non-hydrogen) atoms. The third kappa shape index (κ3) is 4.67. The van der Waals surface area contributed by atoms with Crippen molar-refractivity contribution in [3.8, 4) is 5.88 Å². The highest BCUT2D eigenvalue weighted by Gasteiger charge is 2.30. The number of thiazole rings is 1. The van der Waals surface area contributed by atoms with Crippen molar-refractivity contribution < 1.29 is 9.47 Å². The zero-order chi connectivity index (χ0) is 22.8. The fourth-order valence-corrected chi connectivity index (χ4v) is 5.23. The molecule has 0 spiro atoms. The smallest absolute Gasteiger partial charge is 0.237 e. The van der Waals surface area contributed by atoms with E-state index in [0.717, 1.165) is 57.4 Å². The van der Waals surface area contributed by atoms with Crippen molar-refractivity contribution in [2.45, 2.75) is 57.7 Å². The van der Waals surface area contributed by atoms with Gasteiger partial charge in [0.1, 0.15) is 11.1 Å². The molecular weight excluding hydrogens is 438 g/mol. The van der Waals surface area contributed by atoms with Crippen LogP contribution in [0, 0.1) is 0 Å². The lowest BCUT2D eigenvalue weighted by Crippen LogP contribution is -2.15. The van der Waals surface area contributed by atoms with Crippen molar-refractivity contribution >= 4 is 33.2 Å². The summed E-state index contributed by atoms with van der Waals surface area (Å²) < 4.78 is 12.4. The minimum Gasteiger partial charge on any atom is -0.473 e. The topological polar surface area (TPSA) is 111 Å². The van der Waals surface area contributed by atoms with Gasteiger partial charge in [0, 0.05) is 36.5 Å². The van der Waals surface area contributed by atoms with Gasteiger partial charge in [0.2, 0.25) is 5.88 Å². The number of hydrogen-bond acceptors (Lipinski definition) is 9. The van der Waals surface area contributed by atoms with Gasteiger partial charge in [-0.05, 0) is 37.3 Å². The number of anilines is 2. The molecule has 0 saturated heterocycles. The van der Waals surface area contributed by atoms with Gasteiger partial charge < -0.3 is 14.8 Å². The Hall–Kier alpha value is -3.11. The molecule has 0 unspecified atom stereocenters. The number of rotatable bonds is 8. The Morgan fingerprint density at radius 3 is 3.00 bits per heavy atom. The maximum atomic E-state index is 6.24. The van der Waals surface area contributed by atoms with E-state index in [1.807, 2.05) is 12.1 Å². The quantitative estimate of drug-likeness (QED) is 0.377. The minimum absolute atomic E-state index is 0.121. The summed E-state index contributed by atoms with van der Waals surface area (Å²) in [5.41, 5.74) is 3.10. The van der Waals surface area contributed by atoms with Crippen LogP contribution in [0.4, 0.5) is 11.6 Å². The van der Waals surface area contributed by atoms with E-state index in [1.165, 1.54) is 0 Å². The van der Waals surface area contributed by atoms with Crippen molar-refractivity contribution in [2.75, 3.05) is 12.4 Å². The SMILES string of the molecule is COCc1nc2ccnc(Nc3cc([C@@H]4CC[C@H](Oc5nnccc5C(C)C)C4)[nH]n3)c2s1. The number of H-pyrrole nitrogens is 1. The molecule has 9 nitrogen and oxygen atoms in total. The number of hydrogen-bond donors (Lipinski definition) is 2. The lowest BCUT2D eigenvalue weighted by Gasteiger charge is -2.16. The third-order valence-corrected chi connectivity index (χ3v) is 6.95. The number of nitrogens with zero attached hydrogens (tertiary/aromatic N) is 5. The predicted octanol–water partition coefficient (Wildman–Crippen LogP) is 4.93. The monoisotopic (exact) mass is 465 g/mol. The second-order valence-electron chi connectivity index (χ2n) is 8.58. The summed E-state index contributed by atoms with van der Waals surface area (Å²) in [4.78, 5) is 9.09. The van der Waals surface area contributed by atoms with E-state index in [4.69, 9.17) is 9.47 Å². The van der Waals surface area contributed by atoms with Crippen LogP contribution in [0.15, 0.2) is 30.6 Å². The summed E-state index contributed by atoms with van der Waals surface area (Å²) in [5, 5.41) is 20.2. The van der Waals surface area contributed by atoms with Crippen molar-refractivity contribution in [2.24, 2.45) is 0 Å². The molecule has 4 aromatic rings. The van der Waals surface area contributed by atoms with Crippen molar-refractivity contribution in [3.63, 3.8) is 0 Å². The first-order chi connectivity index (χ1) is 16.1. The Labute approximate surface area is 196 Å². The Balaban J connectivity index is 1.26. The first kappa shape index (κ1) is 21.7. The zero-order valence-electron chi connectivity index (χ0n) is 18.9. The van der Waals surface area contributed by atoms with Gasteiger partial charge in [-0.15, -0.1) is 16.4 Å². The van der Waals surface area contributed by atoms with Crippen molar-refractivity contribution in [1.82, 2.24) is 30.4 Å². The van der Waals surface area contributed by atoms with Gasteiger partial charge in [-0.3, -0.25) is 5.10 Å². The second kappa shape index (κ2) is 9.40. The van der Waals surface area contributed by atoms with E-state index in [2.05, 4.69) is 55.6 Å². The first-order valence-corrected chi connectivity index (χ1v) is 12.0. The number of aromatic amines is 1. The molecule has 2 atom stereocenters. The molecule has 1 aliphatic rings. The highest BCUT2D eigenvalue weighted by molar-refractivity contribution is 7.19. The lowest BCUT2D eigenvalue weighted by atomic mass is 10.0. The molecule has 0 radical (unpaired) electrons. The van der Waals surface area contributed by atoms with Crippen LogP contribution in [0.2, 0.25) is 0 Å². The summed E-state index contributed by atoms with van der Waals surface area (Å²) in [7, 11) is 1.67. The van der Waals surface area contributed by atoms with Gasteiger partial charge in [0.25, 0.3) is 0 Å². The maximum Gasteiger partial charge on any atom is 0.237 e. The summed E-state index contributed by atoms with van der Waals surface area (Å²) in [5.74, 6) is 2.85. The standard InChI is InChI=1S/C23H27N7O2S/c1-13(2)16-6-9-25-30-23(16)32-15-5-4-14(10-15)18-11-19(29-28-18)27-22-21-17(7-8-24-22)26-20(33-21)12-31-3/h6-9,11,13-15H,4-5,10,12H2,1-3H3,(H2,24,27,28,29)/t14-,15+/m1/s1. The Morgan fingerprint density at radius 2 is 2.15 bits per heavy atom. The van der Waals surface area contributed by atoms with Gasteiger partial charge in [-0.2, -0.15) is 10.2 Å². The van der Waals surface area contributed by atoms with Crippen molar-refractivity contribution in [1.29, 1.82) is 0 Å². The first-order valence-electron chi connectivity index (χ1n) is 11.1. The molecule has 1 fully saturated rings. The number of nitrogens with one attached hydrogen (secondary N) is 2. The third-order valence-electron chi connectivity index (χ3n) is 5.90. The van der Waals surface area contributed by atoms with E-state index in [0.29, 0.717) is 24.3 Å². The molecule has 4 heterocycles. The van der Waals surface area contributed by atoms with Gasteiger partial charge in [0.05, 0.1) is 23.0 Å². The summed E-state index contributed by atoms with van der Waals surface area (Å²) in [6.45, 7) is 4.77. The van der Waals surface area contributed by atoms with E-state index < -0.39 is 0 Å². The largest absolute Gasteiger partial charge is 0.473 e. The molecule has 2 N–H and O–H groups in total. The molecule has 0 aliphatic heterocycles. The van der Waals surface area contributed by atoms with E-state index in [-0.39, 0.29) is 6.10 Å². The number of pyridine rings is 1. The van der Waals surface area contributed by atoms with Crippen LogP contribution in [0.3, 0.4) is 0 Å². The van der Waals surface area contributed by atoms with Gasteiger partial charge in [-0.25, -0.2) is 9.97 Å². The average molecular weight is 466 g/mol. The molecular formula is C23H27N7O2S. The Morgan fingerprint density at radius 1 is 1.24 bits per heavy atom. The highest BCUT2D eigenvalue weighted by Crippen LogP contribution is 2.38. The van der Waals surface area contributed by atoms with Crippen LogP contribution < -0.4 is 10.1 Å². The van der Waals surface area contributed by atoms with Crippen LogP contribution in [0.25, 0.3) is 10.2 Å². The molecule has 10 heteroatoms. The van der Waals surface area contributed by atoms with E-state index in [9.17, 15) is 0 Å². The van der Waals surface area contributed by atoms with Crippen LogP contribution in [0.5, 0.6) is 5.88 Å². The number of ether oxygens (including phenoxy) is 2. The van der Waals surface area contributed by atoms with Crippen LogP contribution >= 0.6 is 11.3 Å². The van der Waals surface area contributed by atoms with E-state index >= 15 is 0 Å². The van der Waals surface area contributed by atoms with Crippen LogP contribution in [0.1, 0.15) is 61.2 Å². The second-order valence-corrected chi connectivity index (χ2v) is 9.66. The molecule has 4 aromatic heterocycles. The van der Waals surface area contributed by atoms with Crippen LogP contribution in [-0.4, -0.2) is 43.6 Å². The molecule has 1 aliphatic carbocycles. The normalized spacial score (nSPS) is 18.3. The van der Waals surface area contributed by atoms with Gasteiger partial charge in [-0.1, -0.05) is 13.8 Å². The van der Waals surface area contributed by atoms with Gasteiger partial charge >= 0.3 is 0 Å². The lowest BCUT2D eigenvalue weighted by molar-refractivity contribution is 0.184. The molecule has 172 valence electrons. The fraction of sp³-hybridized carbons (Fsp3) is 0.435. The summed E-state index contributed by atoms with van der Waals surface area (Å²) >= 11 is 1.58. The fourth-order valence-electron chi connectivity index (χ4n) is 4.25. The van der Waals surface area contributed by atoms with E-state index in [1.54, 1.807) is 30.8 Å². The molecule has 0 aromatic carbocycles. The average Bonchev–Trinajstić information content (AvgIpc) is 3.54. The maximum absolute atomic E-state index is 6.24. The number of aromatic nitrogens is 6. The molecule has 0 bridgehead atoms. The predicted molar refractivity (Wildman–Crippen MR) is 127 cm³/mol. The van der Waals surface area contributed by atoms with Crippen LogP contribution in [-0.2, 0) is 11.3 Å². The number of methoxy groups -OCH3 is 1. The Bertz CT molecular complexity index is 1240. The summed E-state index contributed by atoms with van der Waals surface area (Å²) in [6.07, 6.45) is 6.52. The molecule has 1 saturated carbocycles. The molecule has 5 rings (SSSR count). The van der Waals surface area contributed by atoms with Crippen molar-refractivity contribution in [3.05, 3.63) is 46.9 Å². The van der Waals surface area contributed by atoms with Gasteiger partial charge in [0.15, 0.2) is 11.6 Å². The molecule has 0 amide bonds. The number of fused-ring (bicyclic) bond motifs is 1. The Kier molecular flexibility index (Phi) is 6.19. The zero-order valence-corrected chi connectivity index (χ0v) is 19.7. The highest BCUT2D eigenvalue weighted by atomic mass is 32.1.